The van der Waals surface area contributed by atoms with Crippen molar-refractivity contribution in [1.82, 2.24) is 24.4 Å². The van der Waals surface area contributed by atoms with Crippen molar-refractivity contribution < 1.29 is 18.3 Å². The van der Waals surface area contributed by atoms with E-state index < -0.39 is 6.43 Å². The Morgan fingerprint density at radius 3 is 2.54 bits per heavy atom. The molecular formula is C25H32F2N8O2. The zero-order valence-electron chi connectivity index (χ0n) is 20.7. The third kappa shape index (κ3) is 5.64. The number of imidazole rings is 1. The number of nitrogens with two attached hydrogens (primary N) is 1. The van der Waals surface area contributed by atoms with Crippen LogP contribution in [0.5, 0.6) is 0 Å². The summed E-state index contributed by atoms with van der Waals surface area (Å²) in [7, 11) is 0. The molecular weight excluding hydrogens is 482 g/mol. The van der Waals surface area contributed by atoms with Gasteiger partial charge in [0.2, 0.25) is 11.9 Å². The topological polar surface area (TPSA) is 114 Å². The van der Waals surface area contributed by atoms with E-state index in [0.29, 0.717) is 93.4 Å². The molecule has 37 heavy (non-hydrogen) atoms. The molecule has 2 saturated heterocycles. The number of nitrogens with one attached hydrogen (secondary N) is 1. The van der Waals surface area contributed by atoms with E-state index in [-0.39, 0.29) is 11.7 Å². The fourth-order valence-corrected chi connectivity index (χ4v) is 4.91. The summed E-state index contributed by atoms with van der Waals surface area (Å²) in [6.45, 7) is 4.82. The van der Waals surface area contributed by atoms with Crippen molar-refractivity contribution >= 4 is 28.7 Å². The Morgan fingerprint density at radius 2 is 1.81 bits per heavy atom. The first-order valence-electron chi connectivity index (χ1n) is 12.7. The summed E-state index contributed by atoms with van der Waals surface area (Å²) in [6.07, 6.45) is -0.669. The number of halogens is 2. The number of morpholine rings is 1. The van der Waals surface area contributed by atoms with Crippen LogP contribution in [0.25, 0.3) is 16.9 Å². The van der Waals surface area contributed by atoms with Crippen molar-refractivity contribution in [3.63, 3.8) is 0 Å². The van der Waals surface area contributed by atoms with Crippen LogP contribution in [0.15, 0.2) is 30.3 Å². The summed E-state index contributed by atoms with van der Waals surface area (Å²) >= 11 is 0. The maximum Gasteiger partial charge on any atom is 0.296 e. The predicted molar refractivity (Wildman–Crippen MR) is 136 cm³/mol. The van der Waals surface area contributed by atoms with E-state index in [1.807, 2.05) is 4.90 Å². The molecule has 4 heterocycles. The Balaban J connectivity index is 1.41. The molecule has 5 rings (SSSR count). The monoisotopic (exact) mass is 514 g/mol. The quantitative estimate of drug-likeness (QED) is 0.472. The minimum atomic E-state index is -2.77. The molecule has 10 nitrogen and oxygen atoms in total. The van der Waals surface area contributed by atoms with Crippen LogP contribution in [0.2, 0.25) is 0 Å². The molecule has 2 aromatic heterocycles. The molecule has 0 radical (unpaired) electrons. The molecule has 0 aliphatic carbocycles. The number of nitrogens with zero attached hydrogens (tertiary/aromatic N) is 6. The lowest BCUT2D eigenvalue weighted by Crippen LogP contribution is -2.40. The Bertz CT molecular complexity index is 1220. The van der Waals surface area contributed by atoms with Gasteiger partial charge in [0, 0.05) is 51.8 Å². The smallest absolute Gasteiger partial charge is 0.296 e. The predicted octanol–water partition coefficient (Wildman–Crippen LogP) is 2.59. The largest absolute Gasteiger partial charge is 0.378 e. The zero-order chi connectivity index (χ0) is 25.8. The first-order chi connectivity index (χ1) is 18.0. The Kier molecular flexibility index (Phi) is 7.75. The molecule has 0 unspecified atom stereocenters. The number of piperidine rings is 1. The van der Waals surface area contributed by atoms with Gasteiger partial charge in [-0.3, -0.25) is 9.36 Å². The number of anilines is 2. The summed E-state index contributed by atoms with van der Waals surface area (Å²) in [5.41, 5.74) is 6.56. The van der Waals surface area contributed by atoms with Crippen molar-refractivity contribution in [1.29, 1.82) is 0 Å². The number of amides is 1. The summed E-state index contributed by atoms with van der Waals surface area (Å²) in [6, 6.07) is 8.78. The third-order valence-corrected chi connectivity index (χ3v) is 6.92. The number of hydrogen-bond acceptors (Lipinski definition) is 8. The second kappa shape index (κ2) is 11.3. The van der Waals surface area contributed by atoms with Gasteiger partial charge in [0.15, 0.2) is 5.82 Å². The first-order valence-corrected chi connectivity index (χ1v) is 12.7. The summed E-state index contributed by atoms with van der Waals surface area (Å²) in [4.78, 5) is 29.6. The molecule has 0 saturated carbocycles. The number of ether oxygens (including phenoxy) is 1. The molecule has 3 aromatic rings. The molecule has 198 valence electrons. The summed E-state index contributed by atoms with van der Waals surface area (Å²) in [5.74, 6) is 1.45. The number of fused-ring (bicyclic) bond motifs is 1. The van der Waals surface area contributed by atoms with Gasteiger partial charge in [-0.25, -0.2) is 13.8 Å². The highest BCUT2D eigenvalue weighted by molar-refractivity contribution is 5.78. The Hall–Kier alpha value is -3.38. The number of likely N-dealkylation sites (tertiary alicyclic amines) is 1. The van der Waals surface area contributed by atoms with Crippen molar-refractivity contribution in [3.8, 4) is 5.82 Å². The second-order valence-electron chi connectivity index (χ2n) is 9.35. The van der Waals surface area contributed by atoms with Crippen LogP contribution in [-0.4, -0.2) is 82.8 Å². The SMILES string of the molecule is NCCC(=O)N1CCC(CNc2nc(N3CCOCC3)cc(-n3c(C(F)F)nc4ccccc43)n2)CC1. The van der Waals surface area contributed by atoms with Gasteiger partial charge in [-0.15, -0.1) is 0 Å². The fraction of sp³-hybridized carbons (Fsp3) is 0.520. The van der Waals surface area contributed by atoms with Gasteiger partial charge in [0.25, 0.3) is 6.43 Å². The molecule has 2 aliphatic rings. The summed E-state index contributed by atoms with van der Waals surface area (Å²) < 4.78 is 35.0. The maximum absolute atomic E-state index is 14.0. The van der Waals surface area contributed by atoms with Crippen molar-refractivity contribution in [2.75, 3.05) is 62.7 Å². The molecule has 0 spiro atoms. The highest BCUT2D eigenvalue weighted by atomic mass is 19.3. The molecule has 3 N–H and O–H groups in total. The highest BCUT2D eigenvalue weighted by Gasteiger charge is 2.25. The van der Waals surface area contributed by atoms with Crippen LogP contribution in [-0.2, 0) is 9.53 Å². The number of aromatic nitrogens is 4. The molecule has 1 amide bonds. The van der Waals surface area contributed by atoms with E-state index >= 15 is 0 Å². The van der Waals surface area contributed by atoms with Gasteiger partial charge in [-0.1, -0.05) is 12.1 Å². The minimum absolute atomic E-state index is 0.0995. The zero-order valence-corrected chi connectivity index (χ0v) is 20.7. The van der Waals surface area contributed by atoms with Gasteiger partial charge < -0.3 is 25.6 Å². The van der Waals surface area contributed by atoms with Crippen LogP contribution in [0, 0.1) is 5.92 Å². The fourth-order valence-electron chi connectivity index (χ4n) is 4.91. The second-order valence-corrected chi connectivity index (χ2v) is 9.35. The van der Waals surface area contributed by atoms with Gasteiger partial charge in [-0.05, 0) is 30.9 Å². The summed E-state index contributed by atoms with van der Waals surface area (Å²) in [5, 5.41) is 3.34. The van der Waals surface area contributed by atoms with E-state index in [0.717, 1.165) is 12.8 Å². The van der Waals surface area contributed by atoms with Crippen LogP contribution >= 0.6 is 0 Å². The highest BCUT2D eigenvalue weighted by Crippen LogP contribution is 2.29. The third-order valence-electron chi connectivity index (χ3n) is 6.92. The number of alkyl halides is 2. The van der Waals surface area contributed by atoms with E-state index in [1.54, 1.807) is 30.3 Å². The minimum Gasteiger partial charge on any atom is -0.378 e. The standard InChI is InChI=1S/C25H32F2N8O2/c26-23(27)24-30-18-3-1-2-4-19(18)35(24)21-15-20(33-11-13-37-14-12-33)31-25(32-21)29-16-17-6-9-34(10-7-17)22(36)5-8-28/h1-4,15,17,23H,5-14,16,28H2,(H,29,31,32). The number of benzene rings is 1. The average Bonchev–Trinajstić information content (AvgIpc) is 3.33. The molecule has 12 heteroatoms. The number of para-hydroxylation sites is 2. The lowest BCUT2D eigenvalue weighted by molar-refractivity contribution is -0.132. The normalized spacial score (nSPS) is 17.1. The lowest BCUT2D eigenvalue weighted by Gasteiger charge is -2.32. The maximum atomic E-state index is 14.0. The van der Waals surface area contributed by atoms with E-state index in [2.05, 4.69) is 20.2 Å². The van der Waals surface area contributed by atoms with E-state index in [1.165, 1.54) is 4.57 Å². The molecule has 0 atom stereocenters. The Labute approximate surface area is 213 Å². The van der Waals surface area contributed by atoms with Gasteiger partial charge in [0.1, 0.15) is 11.6 Å². The first kappa shape index (κ1) is 25.3. The van der Waals surface area contributed by atoms with Gasteiger partial charge >= 0.3 is 0 Å². The van der Waals surface area contributed by atoms with Crippen molar-refractivity contribution in [3.05, 3.63) is 36.2 Å². The van der Waals surface area contributed by atoms with E-state index in [9.17, 15) is 13.6 Å². The van der Waals surface area contributed by atoms with E-state index in [4.69, 9.17) is 15.5 Å². The van der Waals surface area contributed by atoms with Gasteiger partial charge in [0.05, 0.1) is 24.2 Å². The Morgan fingerprint density at radius 1 is 1.08 bits per heavy atom. The van der Waals surface area contributed by atoms with Crippen molar-refractivity contribution in [2.45, 2.75) is 25.7 Å². The molecule has 2 fully saturated rings. The molecule has 0 bridgehead atoms. The van der Waals surface area contributed by atoms with Crippen LogP contribution in [0.4, 0.5) is 20.5 Å². The molecule has 2 aliphatic heterocycles. The van der Waals surface area contributed by atoms with Crippen molar-refractivity contribution in [2.24, 2.45) is 11.7 Å². The average molecular weight is 515 g/mol. The number of hydrogen-bond donors (Lipinski definition) is 2. The number of carbonyl (C=O) groups excluding carboxylic acids is 1. The number of carbonyl (C=O) groups is 1. The lowest BCUT2D eigenvalue weighted by atomic mass is 9.96. The van der Waals surface area contributed by atoms with Crippen LogP contribution in [0.3, 0.4) is 0 Å². The van der Waals surface area contributed by atoms with Gasteiger partial charge in [-0.2, -0.15) is 9.97 Å². The number of rotatable bonds is 8. The van der Waals surface area contributed by atoms with Crippen LogP contribution < -0.4 is 16.0 Å². The molecule has 1 aromatic carbocycles. The van der Waals surface area contributed by atoms with Crippen LogP contribution in [0.1, 0.15) is 31.5 Å².